The van der Waals surface area contributed by atoms with Gasteiger partial charge in [-0.3, -0.25) is 9.48 Å². The lowest BCUT2D eigenvalue weighted by Crippen LogP contribution is -2.13. The lowest BCUT2D eigenvalue weighted by Gasteiger charge is -2.03. The van der Waals surface area contributed by atoms with Gasteiger partial charge in [0.2, 0.25) is 0 Å². The molecule has 18 heavy (non-hydrogen) atoms. The van der Waals surface area contributed by atoms with E-state index in [1.54, 1.807) is 30.2 Å². The van der Waals surface area contributed by atoms with Crippen LogP contribution >= 0.6 is 15.9 Å². The summed E-state index contributed by atoms with van der Waals surface area (Å²) in [6.45, 7) is 1.97. The number of aryl methyl sites for hydroxylation is 2. The molecule has 1 N–H and O–H groups in total. The van der Waals surface area contributed by atoms with Gasteiger partial charge in [0.25, 0.3) is 5.91 Å². The summed E-state index contributed by atoms with van der Waals surface area (Å²) in [5.74, 6) is 0.337. The largest absolute Gasteiger partial charge is 0.306 e. The number of amides is 1. The predicted octanol–water partition coefficient (Wildman–Crippen LogP) is 2.39. The fraction of sp³-hybridized carbons (Fsp3) is 0.250. The van der Waals surface area contributed by atoms with Crippen LogP contribution in [0.1, 0.15) is 23.0 Å². The van der Waals surface area contributed by atoms with Crippen molar-refractivity contribution in [2.75, 3.05) is 5.32 Å². The number of carbonyl (C=O) groups is 1. The molecule has 0 aliphatic rings. The maximum absolute atomic E-state index is 12.1. The Labute approximate surface area is 113 Å². The van der Waals surface area contributed by atoms with Crippen LogP contribution in [0.25, 0.3) is 0 Å². The zero-order valence-electron chi connectivity index (χ0n) is 10.1. The van der Waals surface area contributed by atoms with E-state index in [0.29, 0.717) is 11.4 Å². The molecule has 2 rings (SSSR count). The minimum Gasteiger partial charge on any atom is -0.306 e. The van der Waals surface area contributed by atoms with Crippen LogP contribution in [-0.2, 0) is 13.5 Å². The molecule has 2 aromatic rings. The molecule has 0 spiro atoms. The van der Waals surface area contributed by atoms with Crippen LogP contribution in [0.4, 0.5) is 5.82 Å². The SMILES string of the molecule is CCc1nn(C)cc1C(=O)Nc1ccc(Br)cn1. The summed E-state index contributed by atoms with van der Waals surface area (Å²) < 4.78 is 2.51. The van der Waals surface area contributed by atoms with Crippen LogP contribution in [0, 0.1) is 0 Å². The smallest absolute Gasteiger partial charge is 0.260 e. The monoisotopic (exact) mass is 308 g/mol. The molecule has 0 radical (unpaired) electrons. The summed E-state index contributed by atoms with van der Waals surface area (Å²) in [6, 6.07) is 3.57. The number of carbonyl (C=O) groups excluding carboxylic acids is 1. The number of anilines is 1. The Kier molecular flexibility index (Phi) is 3.76. The summed E-state index contributed by atoms with van der Waals surface area (Å²) in [7, 11) is 1.80. The molecule has 6 heteroatoms. The van der Waals surface area contributed by atoms with Crippen molar-refractivity contribution in [1.82, 2.24) is 14.8 Å². The average molecular weight is 309 g/mol. The Balaban J connectivity index is 2.19. The van der Waals surface area contributed by atoms with E-state index >= 15 is 0 Å². The van der Waals surface area contributed by atoms with Gasteiger partial charge in [0.1, 0.15) is 5.82 Å². The molecule has 0 aromatic carbocycles. The minimum absolute atomic E-state index is 0.185. The van der Waals surface area contributed by atoms with Gasteiger partial charge in [-0.15, -0.1) is 0 Å². The van der Waals surface area contributed by atoms with Crippen LogP contribution in [0.15, 0.2) is 29.0 Å². The lowest BCUT2D eigenvalue weighted by molar-refractivity contribution is 0.102. The van der Waals surface area contributed by atoms with Crippen molar-refractivity contribution in [3.8, 4) is 0 Å². The van der Waals surface area contributed by atoms with Gasteiger partial charge in [0, 0.05) is 23.9 Å². The molecule has 0 saturated carbocycles. The van der Waals surface area contributed by atoms with Crippen LogP contribution < -0.4 is 5.32 Å². The van der Waals surface area contributed by atoms with Crippen molar-refractivity contribution in [1.29, 1.82) is 0 Å². The first-order chi connectivity index (χ1) is 8.60. The molecule has 1 amide bonds. The Hall–Kier alpha value is -1.69. The van der Waals surface area contributed by atoms with Crippen molar-refractivity contribution >= 4 is 27.7 Å². The quantitative estimate of drug-likeness (QED) is 0.947. The summed E-state index contributed by atoms with van der Waals surface area (Å²) in [4.78, 5) is 16.2. The highest BCUT2D eigenvalue weighted by Gasteiger charge is 2.14. The average Bonchev–Trinajstić information content (AvgIpc) is 2.73. The summed E-state index contributed by atoms with van der Waals surface area (Å²) in [5.41, 5.74) is 1.37. The fourth-order valence-corrected chi connectivity index (χ4v) is 1.85. The number of rotatable bonds is 3. The number of hydrogen-bond donors (Lipinski definition) is 1. The highest BCUT2D eigenvalue weighted by Crippen LogP contribution is 2.13. The summed E-state index contributed by atoms with van der Waals surface area (Å²) in [6.07, 6.45) is 4.07. The second-order valence-electron chi connectivity index (χ2n) is 3.83. The molecule has 0 atom stereocenters. The molecule has 94 valence electrons. The van der Waals surface area contributed by atoms with Crippen molar-refractivity contribution in [2.45, 2.75) is 13.3 Å². The number of hydrogen-bond acceptors (Lipinski definition) is 3. The molecule has 2 heterocycles. The molecule has 0 saturated heterocycles. The first-order valence-corrected chi connectivity index (χ1v) is 6.35. The number of pyridine rings is 1. The Morgan fingerprint density at radius 3 is 2.89 bits per heavy atom. The Morgan fingerprint density at radius 2 is 2.28 bits per heavy atom. The van der Waals surface area contributed by atoms with Crippen LogP contribution in [-0.4, -0.2) is 20.7 Å². The number of nitrogens with one attached hydrogen (secondary N) is 1. The molecule has 0 unspecified atom stereocenters. The van der Waals surface area contributed by atoms with Crippen molar-refractivity contribution < 1.29 is 4.79 Å². The van der Waals surface area contributed by atoms with Crippen molar-refractivity contribution in [2.24, 2.45) is 7.05 Å². The minimum atomic E-state index is -0.185. The summed E-state index contributed by atoms with van der Waals surface area (Å²) >= 11 is 3.29. The van der Waals surface area contributed by atoms with E-state index < -0.39 is 0 Å². The van der Waals surface area contributed by atoms with Gasteiger partial charge in [-0.25, -0.2) is 4.98 Å². The first-order valence-electron chi connectivity index (χ1n) is 5.55. The molecular formula is C12H13BrN4O. The number of aromatic nitrogens is 3. The standard InChI is InChI=1S/C12H13BrN4O/c1-3-10-9(7-17(2)16-10)12(18)15-11-5-4-8(13)6-14-11/h4-7H,3H2,1-2H3,(H,14,15,18). The van der Waals surface area contributed by atoms with Gasteiger partial charge in [-0.2, -0.15) is 5.10 Å². The lowest BCUT2D eigenvalue weighted by atomic mass is 10.2. The number of halogens is 1. The second kappa shape index (κ2) is 5.30. The van der Waals surface area contributed by atoms with Crippen molar-refractivity contribution in [3.05, 3.63) is 40.3 Å². The first kappa shape index (κ1) is 12.8. The third-order valence-corrected chi connectivity index (χ3v) is 2.92. The van der Waals surface area contributed by atoms with Crippen LogP contribution in [0.5, 0.6) is 0 Å². The van der Waals surface area contributed by atoms with E-state index in [9.17, 15) is 4.79 Å². The molecule has 0 bridgehead atoms. The Morgan fingerprint density at radius 1 is 1.50 bits per heavy atom. The third-order valence-electron chi connectivity index (χ3n) is 2.45. The summed E-state index contributed by atoms with van der Waals surface area (Å²) in [5, 5.41) is 6.98. The van der Waals surface area contributed by atoms with Gasteiger partial charge in [0.15, 0.2) is 0 Å². The molecular weight excluding hydrogens is 296 g/mol. The zero-order valence-corrected chi connectivity index (χ0v) is 11.7. The fourth-order valence-electron chi connectivity index (χ4n) is 1.62. The van der Waals surface area contributed by atoms with Gasteiger partial charge >= 0.3 is 0 Å². The molecule has 5 nitrogen and oxygen atoms in total. The normalized spacial score (nSPS) is 10.4. The van der Waals surface area contributed by atoms with E-state index in [0.717, 1.165) is 16.6 Å². The van der Waals surface area contributed by atoms with E-state index in [4.69, 9.17) is 0 Å². The molecule has 0 aliphatic heterocycles. The van der Waals surface area contributed by atoms with E-state index in [2.05, 4.69) is 31.3 Å². The van der Waals surface area contributed by atoms with Crippen LogP contribution in [0.3, 0.4) is 0 Å². The third kappa shape index (κ3) is 2.76. The van der Waals surface area contributed by atoms with Crippen molar-refractivity contribution in [3.63, 3.8) is 0 Å². The van der Waals surface area contributed by atoms with Gasteiger partial charge in [0.05, 0.1) is 11.3 Å². The van der Waals surface area contributed by atoms with E-state index in [1.165, 1.54) is 0 Å². The van der Waals surface area contributed by atoms with Crippen LogP contribution in [0.2, 0.25) is 0 Å². The van der Waals surface area contributed by atoms with Gasteiger partial charge in [-0.05, 0) is 34.5 Å². The second-order valence-corrected chi connectivity index (χ2v) is 4.75. The number of nitrogens with zero attached hydrogens (tertiary/aromatic N) is 3. The van der Waals surface area contributed by atoms with E-state index in [1.807, 2.05) is 13.0 Å². The van der Waals surface area contributed by atoms with E-state index in [-0.39, 0.29) is 5.91 Å². The Bertz CT molecular complexity index is 562. The highest BCUT2D eigenvalue weighted by molar-refractivity contribution is 9.10. The zero-order chi connectivity index (χ0) is 13.1. The van der Waals surface area contributed by atoms with Gasteiger partial charge < -0.3 is 5.32 Å². The molecule has 2 aromatic heterocycles. The topological polar surface area (TPSA) is 59.8 Å². The van der Waals surface area contributed by atoms with Gasteiger partial charge in [-0.1, -0.05) is 6.92 Å². The predicted molar refractivity (Wildman–Crippen MR) is 72.5 cm³/mol. The maximum atomic E-state index is 12.1. The highest BCUT2D eigenvalue weighted by atomic mass is 79.9. The molecule has 0 fully saturated rings. The molecule has 0 aliphatic carbocycles. The maximum Gasteiger partial charge on any atom is 0.260 e.